The number of pyridine rings is 1. The van der Waals surface area contributed by atoms with Gasteiger partial charge in [-0.3, -0.25) is 4.79 Å². The van der Waals surface area contributed by atoms with Crippen LogP contribution in [0.15, 0.2) is 42.6 Å². The Morgan fingerprint density at radius 3 is 2.85 bits per heavy atom. The molecular weight excluding hydrogens is 347 g/mol. The zero-order chi connectivity index (χ0) is 18.6. The van der Waals surface area contributed by atoms with Crippen LogP contribution in [0.2, 0.25) is 0 Å². The molecule has 2 heterocycles. The molecule has 2 aromatic rings. The molecule has 3 rings (SSSR count). The fourth-order valence-corrected chi connectivity index (χ4v) is 2.71. The van der Waals surface area contributed by atoms with E-state index in [0.29, 0.717) is 13.2 Å². The van der Waals surface area contributed by atoms with E-state index < -0.39 is 11.7 Å². The van der Waals surface area contributed by atoms with E-state index in [0.717, 1.165) is 25.0 Å². The van der Waals surface area contributed by atoms with Gasteiger partial charge in [-0.15, -0.1) is 0 Å². The maximum Gasteiger partial charge on any atom is 0.416 e. The van der Waals surface area contributed by atoms with Gasteiger partial charge in [0.2, 0.25) is 0 Å². The Bertz CT molecular complexity index is 774. The summed E-state index contributed by atoms with van der Waals surface area (Å²) in [5, 5.41) is 5.57. The van der Waals surface area contributed by atoms with E-state index in [4.69, 9.17) is 4.74 Å². The predicted octanol–water partition coefficient (Wildman–Crippen LogP) is 3.75. The number of ether oxygens (including phenoxy) is 1. The highest BCUT2D eigenvalue weighted by Crippen LogP contribution is 2.31. The molecule has 8 heteroatoms. The number of nitrogens with zero attached hydrogens (tertiary/aromatic N) is 1. The van der Waals surface area contributed by atoms with E-state index in [1.54, 1.807) is 12.1 Å². The number of anilines is 2. The Kier molecular flexibility index (Phi) is 5.41. The van der Waals surface area contributed by atoms with Crippen LogP contribution in [0.3, 0.4) is 0 Å². The van der Waals surface area contributed by atoms with Crippen molar-refractivity contribution >= 4 is 17.4 Å². The summed E-state index contributed by atoms with van der Waals surface area (Å²) in [6, 6.07) is 7.90. The number of alkyl halides is 3. The first-order valence-electron chi connectivity index (χ1n) is 8.22. The summed E-state index contributed by atoms with van der Waals surface area (Å²) in [6.45, 7) is 1.08. The molecule has 1 atom stereocenters. The fourth-order valence-electron chi connectivity index (χ4n) is 2.71. The molecule has 1 saturated heterocycles. The van der Waals surface area contributed by atoms with Crippen molar-refractivity contribution in [1.29, 1.82) is 0 Å². The summed E-state index contributed by atoms with van der Waals surface area (Å²) in [5.41, 5.74) is -0.322. The van der Waals surface area contributed by atoms with Crippen LogP contribution >= 0.6 is 0 Å². The van der Waals surface area contributed by atoms with Gasteiger partial charge in [0.25, 0.3) is 5.91 Å². The average Bonchev–Trinajstić information content (AvgIpc) is 3.13. The minimum absolute atomic E-state index is 0.00417. The van der Waals surface area contributed by atoms with Crippen molar-refractivity contribution < 1.29 is 22.7 Å². The lowest BCUT2D eigenvalue weighted by Crippen LogP contribution is -2.32. The van der Waals surface area contributed by atoms with Gasteiger partial charge < -0.3 is 15.4 Å². The highest BCUT2D eigenvalue weighted by molar-refractivity contribution is 5.99. The summed E-state index contributed by atoms with van der Waals surface area (Å²) in [4.78, 5) is 16.5. The molecule has 0 radical (unpaired) electrons. The summed E-state index contributed by atoms with van der Waals surface area (Å²) in [6.07, 6.45) is -1.12. The molecule has 138 valence electrons. The molecular formula is C18H18F3N3O2. The Hall–Kier alpha value is -2.61. The molecule has 0 spiro atoms. The standard InChI is InChI=1S/C18H18F3N3O2/c19-18(20,21)12-4-1-5-13(10-12)24-16-15(7-2-8-22-16)17(25)23-11-14-6-3-9-26-14/h1-2,4-5,7-8,10,14H,3,6,9,11H2,(H,22,24)(H,23,25)/t14-/m1/s1. The number of aromatic nitrogens is 1. The second kappa shape index (κ2) is 7.74. The summed E-state index contributed by atoms with van der Waals surface area (Å²) in [7, 11) is 0. The van der Waals surface area contributed by atoms with Gasteiger partial charge in [-0.25, -0.2) is 4.98 Å². The number of benzene rings is 1. The van der Waals surface area contributed by atoms with Gasteiger partial charge in [-0.2, -0.15) is 13.2 Å². The van der Waals surface area contributed by atoms with Crippen LogP contribution in [0.4, 0.5) is 24.7 Å². The molecule has 0 aliphatic carbocycles. The molecule has 0 unspecified atom stereocenters. The van der Waals surface area contributed by atoms with Crippen LogP contribution in [0.25, 0.3) is 0 Å². The van der Waals surface area contributed by atoms with E-state index in [1.807, 2.05) is 0 Å². The fraction of sp³-hybridized carbons (Fsp3) is 0.333. The summed E-state index contributed by atoms with van der Waals surface area (Å²) >= 11 is 0. The third-order valence-electron chi connectivity index (χ3n) is 4.02. The molecule has 1 fully saturated rings. The molecule has 1 aromatic carbocycles. The van der Waals surface area contributed by atoms with Gasteiger partial charge in [-0.05, 0) is 43.2 Å². The smallest absolute Gasteiger partial charge is 0.376 e. The molecule has 26 heavy (non-hydrogen) atoms. The number of rotatable bonds is 5. The van der Waals surface area contributed by atoms with Gasteiger partial charge >= 0.3 is 6.18 Å². The van der Waals surface area contributed by atoms with Crippen LogP contribution < -0.4 is 10.6 Å². The number of halogens is 3. The maximum absolute atomic E-state index is 12.8. The lowest BCUT2D eigenvalue weighted by Gasteiger charge is -2.14. The predicted molar refractivity (Wildman–Crippen MR) is 90.3 cm³/mol. The number of nitrogens with one attached hydrogen (secondary N) is 2. The average molecular weight is 365 g/mol. The number of amides is 1. The number of hydrogen-bond donors (Lipinski definition) is 2. The monoisotopic (exact) mass is 365 g/mol. The molecule has 1 amide bonds. The van der Waals surface area contributed by atoms with E-state index in [1.165, 1.54) is 18.3 Å². The SMILES string of the molecule is O=C(NC[C@H]1CCCO1)c1cccnc1Nc1cccc(C(F)(F)F)c1. The van der Waals surface area contributed by atoms with Crippen molar-refractivity contribution in [3.63, 3.8) is 0 Å². The van der Waals surface area contributed by atoms with E-state index in [2.05, 4.69) is 15.6 Å². The Morgan fingerprint density at radius 1 is 1.27 bits per heavy atom. The third-order valence-corrected chi connectivity index (χ3v) is 4.02. The Labute approximate surface area is 148 Å². The highest BCUT2D eigenvalue weighted by Gasteiger charge is 2.30. The van der Waals surface area contributed by atoms with Crippen molar-refractivity contribution in [2.45, 2.75) is 25.1 Å². The quantitative estimate of drug-likeness (QED) is 0.847. The summed E-state index contributed by atoms with van der Waals surface area (Å²) in [5.74, 6) is -0.167. The number of carbonyl (C=O) groups is 1. The van der Waals surface area contributed by atoms with Crippen molar-refractivity contribution in [3.05, 3.63) is 53.7 Å². The summed E-state index contributed by atoms with van der Waals surface area (Å²) < 4.78 is 44.0. The van der Waals surface area contributed by atoms with Crippen molar-refractivity contribution in [2.75, 3.05) is 18.5 Å². The van der Waals surface area contributed by atoms with Crippen molar-refractivity contribution in [1.82, 2.24) is 10.3 Å². The van der Waals surface area contributed by atoms with E-state index in [-0.39, 0.29) is 29.1 Å². The van der Waals surface area contributed by atoms with Gasteiger partial charge in [0.05, 0.1) is 17.2 Å². The highest BCUT2D eigenvalue weighted by atomic mass is 19.4. The minimum atomic E-state index is -4.44. The minimum Gasteiger partial charge on any atom is -0.376 e. The third kappa shape index (κ3) is 4.51. The van der Waals surface area contributed by atoms with Gasteiger partial charge in [0.1, 0.15) is 5.82 Å². The van der Waals surface area contributed by atoms with Crippen molar-refractivity contribution in [2.24, 2.45) is 0 Å². The largest absolute Gasteiger partial charge is 0.416 e. The Balaban J connectivity index is 1.73. The van der Waals surface area contributed by atoms with Crippen LogP contribution in [-0.2, 0) is 10.9 Å². The second-order valence-corrected chi connectivity index (χ2v) is 5.95. The normalized spacial score (nSPS) is 17.1. The molecule has 0 bridgehead atoms. The zero-order valence-corrected chi connectivity index (χ0v) is 13.8. The molecule has 5 nitrogen and oxygen atoms in total. The van der Waals surface area contributed by atoms with E-state index >= 15 is 0 Å². The first kappa shape index (κ1) is 18.2. The lowest BCUT2D eigenvalue weighted by molar-refractivity contribution is -0.137. The topological polar surface area (TPSA) is 63.2 Å². The molecule has 1 aliphatic heterocycles. The Morgan fingerprint density at radius 2 is 2.12 bits per heavy atom. The van der Waals surface area contributed by atoms with Crippen LogP contribution in [0.5, 0.6) is 0 Å². The molecule has 1 aliphatic rings. The van der Waals surface area contributed by atoms with Crippen LogP contribution in [0.1, 0.15) is 28.8 Å². The van der Waals surface area contributed by atoms with Crippen LogP contribution in [0, 0.1) is 0 Å². The molecule has 2 N–H and O–H groups in total. The molecule has 1 aromatic heterocycles. The van der Waals surface area contributed by atoms with Crippen LogP contribution in [-0.4, -0.2) is 30.1 Å². The van der Waals surface area contributed by atoms with E-state index in [9.17, 15) is 18.0 Å². The maximum atomic E-state index is 12.8. The first-order chi connectivity index (χ1) is 12.4. The van der Waals surface area contributed by atoms with Crippen molar-refractivity contribution in [3.8, 4) is 0 Å². The lowest BCUT2D eigenvalue weighted by atomic mass is 10.1. The number of carbonyl (C=O) groups excluding carboxylic acids is 1. The van der Waals surface area contributed by atoms with Gasteiger partial charge in [0.15, 0.2) is 0 Å². The second-order valence-electron chi connectivity index (χ2n) is 5.95. The van der Waals surface area contributed by atoms with Gasteiger partial charge in [0, 0.05) is 25.0 Å². The molecule has 0 saturated carbocycles. The first-order valence-corrected chi connectivity index (χ1v) is 8.22. The van der Waals surface area contributed by atoms with Gasteiger partial charge in [-0.1, -0.05) is 6.07 Å². The number of hydrogen-bond acceptors (Lipinski definition) is 4. The zero-order valence-electron chi connectivity index (χ0n) is 13.8.